The molecule has 1 atom stereocenters. The molecule has 0 saturated carbocycles. The van der Waals surface area contributed by atoms with Crippen LogP contribution in [0.2, 0.25) is 0 Å². The number of aromatic nitrogens is 1. The lowest BCUT2D eigenvalue weighted by atomic mass is 10.3. The molecule has 1 heterocycles. The van der Waals surface area contributed by atoms with Gasteiger partial charge in [-0.1, -0.05) is 0 Å². The molecular weight excluding hydrogens is 271 g/mol. The van der Waals surface area contributed by atoms with E-state index in [9.17, 15) is 21.6 Å². The summed E-state index contributed by atoms with van der Waals surface area (Å²) in [6, 6.07) is 0.888. The monoisotopic (exact) mass is 285 g/mol. The molecule has 0 fully saturated rings. The highest BCUT2D eigenvalue weighted by atomic mass is 32.2. The van der Waals surface area contributed by atoms with Crippen molar-refractivity contribution in [2.24, 2.45) is 0 Å². The van der Waals surface area contributed by atoms with Crippen molar-refractivity contribution in [2.75, 3.05) is 25.3 Å². The first kappa shape index (κ1) is 14.8. The zero-order valence-corrected chi connectivity index (χ0v) is 10.7. The Labute approximate surface area is 103 Å². The Morgan fingerprint density at radius 1 is 1.28 bits per heavy atom. The average molecular weight is 285 g/mol. The predicted octanol–water partition coefficient (Wildman–Crippen LogP) is 0.854. The van der Waals surface area contributed by atoms with Gasteiger partial charge in [0.05, 0.1) is 5.75 Å². The zero-order chi connectivity index (χ0) is 14.0. The van der Waals surface area contributed by atoms with Gasteiger partial charge in [-0.3, -0.25) is 4.68 Å². The molecule has 0 aromatic carbocycles. The fraction of sp³-hybridized carbons (Fsp3) is 0.556. The minimum atomic E-state index is -4.66. The summed E-state index contributed by atoms with van der Waals surface area (Å²) in [6.45, 7) is 0. The van der Waals surface area contributed by atoms with Crippen molar-refractivity contribution >= 4 is 10.0 Å². The Balaban J connectivity index is 2.87. The van der Waals surface area contributed by atoms with Crippen LogP contribution in [0.3, 0.4) is 0 Å². The van der Waals surface area contributed by atoms with Crippen LogP contribution in [0.4, 0.5) is 13.2 Å². The number of halogens is 3. The molecule has 0 saturated heterocycles. The topological polar surface area (TPSA) is 54.3 Å². The molecule has 0 spiro atoms. The maximum Gasteiger partial charge on any atom is 0.411 e. The fourth-order valence-electron chi connectivity index (χ4n) is 1.17. The summed E-state index contributed by atoms with van der Waals surface area (Å²) in [5.74, 6) is -1.05. The Hall–Kier alpha value is -1.22. The largest absolute Gasteiger partial charge is 0.411 e. The lowest BCUT2D eigenvalue weighted by molar-refractivity contribution is -0.140. The summed E-state index contributed by atoms with van der Waals surface area (Å²) in [7, 11) is -1.56. The van der Waals surface area contributed by atoms with Gasteiger partial charge in [-0.15, -0.1) is 0 Å². The van der Waals surface area contributed by atoms with Gasteiger partial charge < -0.3 is 5.43 Å². The van der Waals surface area contributed by atoms with Crippen molar-refractivity contribution in [1.29, 1.82) is 0 Å². The summed E-state index contributed by atoms with van der Waals surface area (Å²) in [5.41, 5.74) is 2.10. The summed E-state index contributed by atoms with van der Waals surface area (Å²) >= 11 is 0. The minimum absolute atomic E-state index is 0.767. The van der Waals surface area contributed by atoms with Crippen molar-refractivity contribution in [3.8, 4) is 0 Å². The predicted molar refractivity (Wildman–Crippen MR) is 61.1 cm³/mol. The normalized spacial score (nSPS) is 14.8. The van der Waals surface area contributed by atoms with E-state index in [4.69, 9.17) is 0 Å². The maximum atomic E-state index is 12.7. The van der Waals surface area contributed by atoms with E-state index in [0.717, 1.165) is 8.98 Å². The van der Waals surface area contributed by atoms with Crippen LogP contribution in [0, 0.1) is 0 Å². The van der Waals surface area contributed by atoms with E-state index in [1.165, 1.54) is 38.6 Å². The standard InChI is InChI=1S/C9H14F3N3O2S/c1-14(2)18(16,17)7-8(9(10,11)12)13-15-5-3-4-6-15/h3-6,8,13H,7H2,1-2H3. The Kier molecular flexibility index (Phi) is 4.28. The Morgan fingerprint density at radius 2 is 1.78 bits per heavy atom. The molecule has 1 aromatic heterocycles. The molecule has 0 aliphatic heterocycles. The van der Waals surface area contributed by atoms with E-state index < -0.39 is 28.0 Å². The van der Waals surface area contributed by atoms with Gasteiger partial charge in [0.1, 0.15) is 0 Å². The third-order valence-electron chi connectivity index (χ3n) is 2.24. The van der Waals surface area contributed by atoms with Crippen LogP contribution < -0.4 is 5.43 Å². The summed E-state index contributed by atoms with van der Waals surface area (Å²) < 4.78 is 63.1. The first-order valence-corrected chi connectivity index (χ1v) is 6.60. The second-order valence-electron chi connectivity index (χ2n) is 3.87. The highest BCUT2D eigenvalue weighted by Gasteiger charge is 2.43. The third-order valence-corrected chi connectivity index (χ3v) is 4.11. The molecule has 5 nitrogen and oxygen atoms in total. The van der Waals surface area contributed by atoms with Crippen LogP contribution in [0.1, 0.15) is 0 Å². The summed E-state index contributed by atoms with van der Waals surface area (Å²) in [4.78, 5) is 0. The van der Waals surface area contributed by atoms with Crippen molar-refractivity contribution in [3.05, 3.63) is 24.5 Å². The molecule has 0 aliphatic carbocycles. The van der Waals surface area contributed by atoms with E-state index >= 15 is 0 Å². The highest BCUT2D eigenvalue weighted by molar-refractivity contribution is 7.89. The van der Waals surface area contributed by atoms with Crippen LogP contribution in [0.15, 0.2) is 24.5 Å². The van der Waals surface area contributed by atoms with E-state index in [1.54, 1.807) is 0 Å². The molecule has 1 aromatic rings. The number of nitrogens with one attached hydrogen (secondary N) is 1. The van der Waals surface area contributed by atoms with E-state index in [2.05, 4.69) is 5.43 Å². The van der Waals surface area contributed by atoms with Gasteiger partial charge in [0.15, 0.2) is 6.04 Å². The number of alkyl halides is 3. The molecule has 9 heteroatoms. The Morgan fingerprint density at radius 3 is 2.17 bits per heavy atom. The molecular formula is C9H14F3N3O2S. The molecule has 0 aliphatic rings. The van der Waals surface area contributed by atoms with Gasteiger partial charge in [-0.05, 0) is 12.1 Å². The van der Waals surface area contributed by atoms with Gasteiger partial charge in [-0.2, -0.15) is 13.2 Å². The molecule has 18 heavy (non-hydrogen) atoms. The number of nitrogens with zero attached hydrogens (tertiary/aromatic N) is 2. The highest BCUT2D eigenvalue weighted by Crippen LogP contribution is 2.22. The van der Waals surface area contributed by atoms with Gasteiger partial charge in [0, 0.05) is 26.5 Å². The molecule has 1 N–H and O–H groups in total. The molecule has 1 unspecified atom stereocenters. The van der Waals surface area contributed by atoms with Gasteiger partial charge in [0.25, 0.3) is 0 Å². The van der Waals surface area contributed by atoms with Crippen molar-refractivity contribution in [1.82, 2.24) is 8.98 Å². The summed E-state index contributed by atoms with van der Waals surface area (Å²) in [6.07, 6.45) is -1.94. The molecule has 1 rings (SSSR count). The fourth-order valence-corrected chi connectivity index (χ4v) is 2.15. The van der Waals surface area contributed by atoms with Crippen LogP contribution in [-0.2, 0) is 10.0 Å². The van der Waals surface area contributed by atoms with Crippen LogP contribution in [0.25, 0.3) is 0 Å². The second kappa shape index (κ2) is 5.19. The van der Waals surface area contributed by atoms with Crippen molar-refractivity contribution < 1.29 is 21.6 Å². The number of hydrogen-bond acceptors (Lipinski definition) is 3. The number of hydrogen-bond donors (Lipinski definition) is 1. The smallest absolute Gasteiger partial charge is 0.313 e. The van der Waals surface area contributed by atoms with Gasteiger partial charge in [0.2, 0.25) is 10.0 Å². The SMILES string of the molecule is CN(C)S(=O)(=O)CC(Nn1cccc1)C(F)(F)F. The quantitative estimate of drug-likeness (QED) is 0.873. The first-order chi connectivity index (χ1) is 8.13. The maximum absolute atomic E-state index is 12.7. The van der Waals surface area contributed by atoms with E-state index in [-0.39, 0.29) is 0 Å². The lowest BCUT2D eigenvalue weighted by Gasteiger charge is -2.24. The molecule has 0 radical (unpaired) electrons. The third kappa shape index (κ3) is 3.91. The van der Waals surface area contributed by atoms with Gasteiger partial charge in [-0.25, -0.2) is 12.7 Å². The molecule has 0 bridgehead atoms. The van der Waals surface area contributed by atoms with Crippen LogP contribution >= 0.6 is 0 Å². The Bertz CT molecular complexity index is 468. The van der Waals surface area contributed by atoms with Crippen LogP contribution in [-0.4, -0.2) is 49.5 Å². The molecule has 104 valence electrons. The zero-order valence-electron chi connectivity index (χ0n) is 9.85. The molecule has 0 amide bonds. The van der Waals surface area contributed by atoms with E-state index in [1.807, 2.05) is 0 Å². The van der Waals surface area contributed by atoms with Crippen molar-refractivity contribution in [3.63, 3.8) is 0 Å². The second-order valence-corrected chi connectivity index (χ2v) is 6.10. The van der Waals surface area contributed by atoms with E-state index in [0.29, 0.717) is 0 Å². The van der Waals surface area contributed by atoms with Gasteiger partial charge >= 0.3 is 6.18 Å². The number of rotatable bonds is 5. The first-order valence-electron chi connectivity index (χ1n) is 4.99. The van der Waals surface area contributed by atoms with Crippen LogP contribution in [0.5, 0.6) is 0 Å². The minimum Gasteiger partial charge on any atom is -0.313 e. The number of sulfonamides is 1. The lowest BCUT2D eigenvalue weighted by Crippen LogP contribution is -2.47. The van der Waals surface area contributed by atoms with Crippen molar-refractivity contribution in [2.45, 2.75) is 12.2 Å². The average Bonchev–Trinajstić information content (AvgIpc) is 2.67. The summed E-state index contributed by atoms with van der Waals surface area (Å²) in [5, 5.41) is 0.